The van der Waals surface area contributed by atoms with Crippen molar-refractivity contribution in [2.75, 3.05) is 13.7 Å². The number of carbonyl (C=O) groups excluding carboxylic acids is 1. The van der Waals surface area contributed by atoms with E-state index in [1.54, 1.807) is 4.72 Å². The lowest BCUT2D eigenvalue weighted by atomic mass is 9.83. The molecule has 0 aromatic carbocycles. The monoisotopic (exact) mass is 650 g/mol. The summed E-state index contributed by atoms with van der Waals surface area (Å²) < 4.78 is 127. The molecule has 11 atom stereocenters. The van der Waals surface area contributed by atoms with Crippen LogP contribution in [0.3, 0.4) is 0 Å². The van der Waals surface area contributed by atoms with Gasteiger partial charge in [-0.25, -0.2) is 8.37 Å². The predicted octanol–water partition coefficient (Wildman–Crippen LogP) is -5.17. The molecule has 2 saturated heterocycles. The standard InChI is InChI=1S/C16H30N2O19S3/c1-3-5(19)7-9(20)13(37-40(29,30)31)16(36-12(7)14(17)22)35-11-6(4-33-39(26,27)28)34-15(32-2)8(10(11)21)18-38(23,24)25/h5-13,15-16,18-21H,3-4H2,1-2H3,(H2,17,22)(H,23,24,25)(H,26,27,28)(H,29,30,31). The highest BCUT2D eigenvalue weighted by Gasteiger charge is 2.55. The third-order valence-electron chi connectivity index (χ3n) is 5.87. The number of carbonyl (C=O) groups is 1. The number of aliphatic hydroxyl groups is 3. The molecule has 0 radical (unpaired) electrons. The summed E-state index contributed by atoms with van der Waals surface area (Å²) in [5, 5.41) is 32.1. The van der Waals surface area contributed by atoms with Gasteiger partial charge in [0.1, 0.15) is 30.5 Å². The van der Waals surface area contributed by atoms with Gasteiger partial charge in [-0.15, -0.1) is 0 Å². The van der Waals surface area contributed by atoms with Crippen LogP contribution in [0.1, 0.15) is 13.3 Å². The second-order valence-electron chi connectivity index (χ2n) is 8.56. The Morgan fingerprint density at radius 1 is 0.975 bits per heavy atom. The zero-order valence-corrected chi connectivity index (χ0v) is 23.0. The number of hydrogen-bond acceptors (Lipinski definition) is 16. The number of primary amides is 1. The van der Waals surface area contributed by atoms with E-state index in [1.165, 1.54) is 6.92 Å². The summed E-state index contributed by atoms with van der Waals surface area (Å²) in [5.74, 6) is -2.94. The van der Waals surface area contributed by atoms with Crippen molar-refractivity contribution in [3.63, 3.8) is 0 Å². The Hall–Kier alpha value is -1.20. The van der Waals surface area contributed by atoms with Crippen molar-refractivity contribution in [1.29, 1.82) is 0 Å². The molecule has 9 N–H and O–H groups in total. The van der Waals surface area contributed by atoms with E-state index in [-0.39, 0.29) is 6.42 Å². The number of nitrogens with two attached hydrogens (primary N) is 1. The van der Waals surface area contributed by atoms with Crippen molar-refractivity contribution in [1.82, 2.24) is 4.72 Å². The van der Waals surface area contributed by atoms with Crippen LogP contribution in [-0.2, 0) is 63.2 Å². The second kappa shape index (κ2) is 13.4. The fourth-order valence-corrected chi connectivity index (χ4v) is 5.60. The van der Waals surface area contributed by atoms with Crippen LogP contribution in [0.15, 0.2) is 0 Å². The maximum atomic E-state index is 12.1. The Labute approximate surface area is 228 Å². The van der Waals surface area contributed by atoms with Crippen molar-refractivity contribution in [2.45, 2.75) is 74.7 Å². The largest absolute Gasteiger partial charge is 0.397 e. The van der Waals surface area contributed by atoms with Gasteiger partial charge in [0.2, 0.25) is 5.91 Å². The first-order chi connectivity index (χ1) is 18.2. The second-order valence-corrected chi connectivity index (χ2v) is 11.9. The molecule has 24 heteroatoms. The SMILES string of the molecule is CCC(O)C1C(C(N)=O)OC(OC2C(COS(=O)(=O)O)OC(OC)C(NS(=O)(=O)O)C2O)C(OS(=O)(=O)O)C1O. The topological polar surface area (TPSA) is 334 Å². The summed E-state index contributed by atoms with van der Waals surface area (Å²) >= 11 is 0. The molecule has 1 amide bonds. The number of amides is 1. The molecule has 0 spiro atoms. The van der Waals surface area contributed by atoms with E-state index in [2.05, 4.69) is 8.37 Å². The van der Waals surface area contributed by atoms with Crippen LogP contribution in [0.5, 0.6) is 0 Å². The number of ether oxygens (including phenoxy) is 4. The van der Waals surface area contributed by atoms with Gasteiger partial charge < -0.3 is 40.0 Å². The van der Waals surface area contributed by atoms with Crippen molar-refractivity contribution < 1.29 is 86.3 Å². The van der Waals surface area contributed by atoms with Crippen molar-refractivity contribution in [3.8, 4) is 0 Å². The highest BCUT2D eigenvalue weighted by atomic mass is 32.3. The van der Waals surface area contributed by atoms with E-state index in [9.17, 15) is 54.5 Å². The quantitative estimate of drug-likeness (QED) is 0.0863. The summed E-state index contributed by atoms with van der Waals surface area (Å²) in [7, 11) is -14.7. The van der Waals surface area contributed by atoms with Gasteiger partial charge in [-0.3, -0.25) is 18.5 Å². The summed E-state index contributed by atoms with van der Waals surface area (Å²) in [5.41, 5.74) is 5.30. The molecule has 0 aromatic rings. The van der Waals surface area contributed by atoms with Crippen LogP contribution in [0, 0.1) is 5.92 Å². The molecule has 0 saturated carbocycles. The Morgan fingerprint density at radius 3 is 2.02 bits per heavy atom. The molecule has 0 bridgehead atoms. The van der Waals surface area contributed by atoms with Gasteiger partial charge >= 0.3 is 31.1 Å². The van der Waals surface area contributed by atoms with Crippen LogP contribution in [-0.4, -0.2) is 135 Å². The van der Waals surface area contributed by atoms with Gasteiger partial charge in [-0.05, 0) is 6.42 Å². The van der Waals surface area contributed by atoms with E-state index >= 15 is 0 Å². The van der Waals surface area contributed by atoms with Gasteiger partial charge in [0.15, 0.2) is 18.7 Å². The van der Waals surface area contributed by atoms with E-state index in [0.29, 0.717) is 0 Å². The van der Waals surface area contributed by atoms with Gasteiger partial charge in [0, 0.05) is 13.0 Å². The van der Waals surface area contributed by atoms with E-state index in [0.717, 1.165) is 7.11 Å². The predicted molar refractivity (Wildman–Crippen MR) is 123 cm³/mol. The Morgan fingerprint density at radius 2 is 1.57 bits per heavy atom. The van der Waals surface area contributed by atoms with E-state index in [1.807, 2.05) is 0 Å². The lowest BCUT2D eigenvalue weighted by Crippen LogP contribution is -2.68. The lowest BCUT2D eigenvalue weighted by Gasteiger charge is -2.48. The van der Waals surface area contributed by atoms with Gasteiger partial charge in [0.25, 0.3) is 0 Å². The normalized spacial score (nSPS) is 36.7. The van der Waals surface area contributed by atoms with Gasteiger partial charge in [0.05, 0.1) is 18.8 Å². The van der Waals surface area contributed by atoms with Crippen molar-refractivity contribution >= 4 is 37.0 Å². The minimum absolute atomic E-state index is 0.120. The van der Waals surface area contributed by atoms with E-state index in [4.69, 9.17) is 29.2 Å². The van der Waals surface area contributed by atoms with Crippen LogP contribution < -0.4 is 10.5 Å². The number of hydrogen-bond donors (Lipinski definition) is 8. The van der Waals surface area contributed by atoms with Crippen molar-refractivity contribution in [2.24, 2.45) is 11.7 Å². The average molecular weight is 651 g/mol. The molecule has 236 valence electrons. The molecule has 2 heterocycles. The first-order valence-electron chi connectivity index (χ1n) is 11.0. The smallest absolute Gasteiger partial charge is 0.393 e. The van der Waals surface area contributed by atoms with Crippen LogP contribution in [0.4, 0.5) is 0 Å². The van der Waals surface area contributed by atoms with Gasteiger partial charge in [-0.2, -0.15) is 30.0 Å². The first kappa shape index (κ1) is 35.0. The third kappa shape index (κ3) is 9.41. The molecule has 2 fully saturated rings. The van der Waals surface area contributed by atoms with Crippen LogP contribution in [0.2, 0.25) is 0 Å². The minimum atomic E-state index is -5.42. The first-order valence-corrected chi connectivity index (χ1v) is 15.2. The maximum absolute atomic E-state index is 12.1. The molecule has 2 rings (SSSR count). The molecule has 0 aromatic heterocycles. The Kier molecular flexibility index (Phi) is 11.7. The highest BCUT2D eigenvalue weighted by molar-refractivity contribution is 7.83. The minimum Gasteiger partial charge on any atom is -0.393 e. The van der Waals surface area contributed by atoms with E-state index < -0.39 is 111 Å². The number of rotatable bonds is 13. The highest BCUT2D eigenvalue weighted by Crippen LogP contribution is 2.35. The Balaban J connectivity index is 2.56. The Bertz CT molecular complexity index is 1190. The lowest BCUT2D eigenvalue weighted by molar-refractivity contribution is -0.336. The molecule has 40 heavy (non-hydrogen) atoms. The molecule has 0 aliphatic carbocycles. The van der Waals surface area contributed by atoms with Crippen molar-refractivity contribution in [3.05, 3.63) is 0 Å². The maximum Gasteiger partial charge on any atom is 0.397 e. The molecular weight excluding hydrogens is 620 g/mol. The summed E-state index contributed by atoms with van der Waals surface area (Å²) in [4.78, 5) is 12.1. The van der Waals surface area contributed by atoms with Gasteiger partial charge in [-0.1, -0.05) is 6.92 Å². The summed E-state index contributed by atoms with van der Waals surface area (Å²) in [6.07, 6.45) is -18.3. The zero-order valence-electron chi connectivity index (χ0n) is 20.6. The molecule has 11 unspecified atom stereocenters. The molecule has 2 aliphatic rings. The number of nitrogens with one attached hydrogen (secondary N) is 1. The molecule has 21 nitrogen and oxygen atoms in total. The average Bonchev–Trinajstić information content (AvgIpc) is 2.80. The summed E-state index contributed by atoms with van der Waals surface area (Å²) in [6.45, 7) is 0.245. The number of aliphatic hydroxyl groups excluding tert-OH is 3. The fraction of sp³-hybridized carbons (Fsp3) is 0.938. The fourth-order valence-electron chi connectivity index (χ4n) is 4.21. The third-order valence-corrected chi connectivity index (χ3v) is 7.34. The van der Waals surface area contributed by atoms with Crippen LogP contribution in [0.25, 0.3) is 0 Å². The van der Waals surface area contributed by atoms with Crippen LogP contribution >= 0.6 is 0 Å². The molecule has 2 aliphatic heterocycles. The zero-order chi connectivity index (χ0) is 30.8. The number of methoxy groups -OCH3 is 1. The summed E-state index contributed by atoms with van der Waals surface area (Å²) in [6, 6.07) is -1.93. The molecular formula is C16H30N2O19S3.